The monoisotopic (exact) mass is 965 g/mol. The van der Waals surface area contributed by atoms with Crippen LogP contribution in [0.15, 0.2) is 83.0 Å². The van der Waals surface area contributed by atoms with Crippen LogP contribution >= 0.6 is 0 Å². The Labute approximate surface area is 416 Å². The lowest BCUT2D eigenvalue weighted by Crippen LogP contribution is -2.21. The van der Waals surface area contributed by atoms with Gasteiger partial charge in [-0.2, -0.15) is 13.2 Å². The van der Waals surface area contributed by atoms with Gasteiger partial charge in [-0.3, -0.25) is 9.59 Å². The van der Waals surface area contributed by atoms with Gasteiger partial charge in [-0.05, 0) is 157 Å². The highest BCUT2D eigenvalue weighted by atomic mass is 19.4. The minimum Gasteiger partial charge on any atom is -0.300 e. The maximum atomic E-state index is 14.1. The molecule has 2 unspecified atom stereocenters. The van der Waals surface area contributed by atoms with Crippen molar-refractivity contribution in [1.82, 2.24) is 0 Å². The third-order valence-corrected chi connectivity index (χ3v) is 10.1. The van der Waals surface area contributed by atoms with Gasteiger partial charge in [0.2, 0.25) is 0 Å². The van der Waals surface area contributed by atoms with Gasteiger partial charge in [-0.15, -0.1) is 0 Å². The highest BCUT2D eigenvalue weighted by Gasteiger charge is 2.37. The zero-order valence-electron chi connectivity index (χ0n) is 45.2. The molecule has 0 radical (unpaired) electrons. The van der Waals surface area contributed by atoms with Crippen molar-refractivity contribution in [2.24, 2.45) is 5.92 Å². The van der Waals surface area contributed by atoms with E-state index in [1.807, 2.05) is 107 Å². The fourth-order valence-electron chi connectivity index (χ4n) is 6.12. The van der Waals surface area contributed by atoms with E-state index in [1.54, 1.807) is 33.8 Å². The number of carbonyl (C=O) groups is 3. The Kier molecular flexibility index (Phi) is 54.9. The average Bonchev–Trinajstić information content (AvgIpc) is 3.28. The van der Waals surface area contributed by atoms with Crippen LogP contribution in [-0.2, 0) is 9.59 Å². The number of ketones is 2. The van der Waals surface area contributed by atoms with Gasteiger partial charge < -0.3 is 4.79 Å². The lowest BCUT2D eigenvalue weighted by molar-refractivity contribution is -0.177. The molecule has 0 spiro atoms. The Morgan fingerprint density at radius 2 is 1.25 bits per heavy atom. The van der Waals surface area contributed by atoms with E-state index >= 15 is 0 Å². The minimum atomic E-state index is -3.98. The van der Waals surface area contributed by atoms with Gasteiger partial charge in [0.05, 0.1) is 11.5 Å². The smallest absolute Gasteiger partial charge is 0.300 e. The van der Waals surface area contributed by atoms with Crippen molar-refractivity contribution in [3.05, 3.63) is 122 Å². The zero-order chi connectivity index (χ0) is 52.6. The molecule has 3 nitrogen and oxygen atoms in total. The van der Waals surface area contributed by atoms with E-state index in [9.17, 15) is 36.3 Å². The van der Waals surface area contributed by atoms with Crippen molar-refractivity contribution in [2.75, 3.05) is 0 Å². The van der Waals surface area contributed by atoms with Crippen LogP contribution in [0.5, 0.6) is 0 Å². The predicted octanol–water partition coefficient (Wildman–Crippen LogP) is 21.0. The van der Waals surface area contributed by atoms with Crippen LogP contribution in [-0.4, -0.2) is 24.0 Å². The Bertz CT molecular complexity index is 1750. The summed E-state index contributed by atoms with van der Waals surface area (Å²) in [6.45, 7) is 38.9. The maximum Gasteiger partial charge on any atom is 0.391 e. The van der Waals surface area contributed by atoms with Crippen LogP contribution in [0, 0.1) is 31.4 Å². The third kappa shape index (κ3) is 35.0. The Morgan fingerprint density at radius 1 is 0.735 bits per heavy atom. The minimum absolute atomic E-state index is 0. The number of rotatable bonds is 17. The van der Waals surface area contributed by atoms with Gasteiger partial charge in [0.15, 0.2) is 12.1 Å². The van der Waals surface area contributed by atoms with Crippen LogP contribution in [0.25, 0.3) is 5.57 Å². The number of aldehydes is 1. The molecule has 0 aliphatic carbocycles. The summed E-state index contributed by atoms with van der Waals surface area (Å²) < 4.78 is 63.3. The number of Topliss-reactive ketones (excluding diaryl/α,β-unsaturated/α-hetero) is 2. The number of halogens is 5. The molecule has 0 saturated carbocycles. The van der Waals surface area contributed by atoms with Crippen molar-refractivity contribution in [3.8, 4) is 0 Å². The first-order chi connectivity index (χ1) is 31.1. The van der Waals surface area contributed by atoms with E-state index in [4.69, 9.17) is 0 Å². The lowest BCUT2D eigenvalue weighted by atomic mass is 9.86. The van der Waals surface area contributed by atoms with Gasteiger partial charge in [-0.1, -0.05) is 159 Å². The van der Waals surface area contributed by atoms with E-state index in [0.717, 1.165) is 77.4 Å². The average molecular weight is 965 g/mol. The number of aryl methyl sites for hydroxylation is 2. The van der Waals surface area contributed by atoms with E-state index < -0.39 is 12.1 Å². The fraction of sp³-hybridized carbons (Fsp3) is 0.583. The predicted molar refractivity (Wildman–Crippen MR) is 292 cm³/mol. The molecular weight excluding hydrogens is 864 g/mol. The van der Waals surface area contributed by atoms with E-state index in [0.29, 0.717) is 30.8 Å². The molecule has 0 aliphatic rings. The maximum absolute atomic E-state index is 14.1. The standard InChI is InChI=1S/C27H37FO.C12H15FO.C7H13F3.C4H8O.C4H8.2C2H6.2CH4/c1-8-11-19(4)13-15-25(21(6)12-9-2)27(18-29)22(7)26-17-23(28)14-16-24(26)20(5)10-3;1-4-5-11(14)12-9(3)6-8(2)7-10(12)13;1-3-5-6(4-2)7(8,9)10;1-3-4(2)5;1-3-4-2;2*1-2;;/h12-18,20H,8-11H2,1-7H3;6-7H,4-5H2,1-3H3;6H,3-5H2,1-2H3;3H2,1-2H3;3-4H,1-2H3;2*1-2H3;2*1H4/b19-13-,21-12-,25-15+,27-22+;;;;4-3-;;;;. The van der Waals surface area contributed by atoms with Gasteiger partial charge in [0, 0.05) is 18.4 Å². The summed E-state index contributed by atoms with van der Waals surface area (Å²) >= 11 is 0. The number of allylic oxidation sites excluding steroid dienone is 10. The fourth-order valence-corrected chi connectivity index (χ4v) is 6.12. The van der Waals surface area contributed by atoms with Gasteiger partial charge >= 0.3 is 6.18 Å². The first-order valence-electron chi connectivity index (χ1n) is 24.5. The summed E-state index contributed by atoms with van der Waals surface area (Å²) in [5.74, 6) is -1.30. The molecule has 0 aliphatic heterocycles. The SMILES string of the molecule is C.C.C/C=C\C.CC.CC.CCC(C)=O.CCCC(=O)c1c(C)cc(C)cc1F.CCCC(CC)C(F)(F)F.CC\C=C(C)/C(=C\C=C(\C)CCC)C(/C=O)=C(\C)c1cc(F)ccc1C(C)CC. The van der Waals surface area contributed by atoms with E-state index in [1.165, 1.54) is 17.7 Å². The number of hydrogen-bond acceptors (Lipinski definition) is 3. The summed E-state index contributed by atoms with van der Waals surface area (Å²) in [6, 6.07) is 8.18. The van der Waals surface area contributed by atoms with Crippen LogP contribution in [0.3, 0.4) is 0 Å². The second-order valence-corrected chi connectivity index (χ2v) is 15.6. The molecule has 2 rings (SSSR count). The summed E-state index contributed by atoms with van der Waals surface area (Å²) in [7, 11) is 0. The summed E-state index contributed by atoms with van der Waals surface area (Å²) in [5.41, 5.74) is 8.47. The molecule has 0 aromatic heterocycles. The second-order valence-electron chi connectivity index (χ2n) is 15.6. The number of hydrogen-bond donors (Lipinski definition) is 0. The molecule has 2 atom stereocenters. The zero-order valence-corrected chi connectivity index (χ0v) is 45.2. The molecule has 0 amide bonds. The Balaban J connectivity index is -0.000000158. The third-order valence-electron chi connectivity index (χ3n) is 10.1. The number of carbonyl (C=O) groups excluding carboxylic acids is 3. The van der Waals surface area contributed by atoms with Crippen LogP contribution in [0.2, 0.25) is 0 Å². The van der Waals surface area contributed by atoms with Gasteiger partial charge in [-0.25, -0.2) is 8.78 Å². The van der Waals surface area contributed by atoms with Crippen molar-refractivity contribution < 1.29 is 36.3 Å². The molecule has 8 heteroatoms. The molecule has 68 heavy (non-hydrogen) atoms. The van der Waals surface area contributed by atoms with E-state index in [-0.39, 0.29) is 56.5 Å². The summed E-state index contributed by atoms with van der Waals surface area (Å²) in [5, 5.41) is 0. The van der Waals surface area contributed by atoms with Crippen molar-refractivity contribution >= 4 is 23.4 Å². The number of alkyl halides is 3. The molecular formula is C60H101F5O3. The molecule has 0 bridgehead atoms. The largest absolute Gasteiger partial charge is 0.391 e. The van der Waals surface area contributed by atoms with Crippen molar-refractivity contribution in [3.63, 3.8) is 0 Å². The van der Waals surface area contributed by atoms with Crippen LogP contribution in [0.1, 0.15) is 242 Å². The molecule has 0 saturated heterocycles. The second kappa shape index (κ2) is 47.8. The molecule has 2 aromatic carbocycles. The van der Waals surface area contributed by atoms with E-state index in [2.05, 4.69) is 46.8 Å². The Hall–Kier alpha value is -4.20. The van der Waals surface area contributed by atoms with Crippen LogP contribution in [0.4, 0.5) is 22.0 Å². The highest BCUT2D eigenvalue weighted by Crippen LogP contribution is 2.34. The molecule has 2 aromatic rings. The first-order valence-corrected chi connectivity index (χ1v) is 24.5. The first kappa shape index (κ1) is 78.0. The molecule has 0 heterocycles. The quantitative estimate of drug-likeness (QED) is 0.0396. The summed E-state index contributed by atoms with van der Waals surface area (Å²) in [6.07, 6.45) is 14.1. The van der Waals surface area contributed by atoms with Crippen molar-refractivity contribution in [2.45, 2.75) is 230 Å². The normalized spacial score (nSPS) is 12.2. The number of benzene rings is 2. The summed E-state index contributed by atoms with van der Waals surface area (Å²) in [4.78, 5) is 33.6. The molecule has 0 N–H and O–H groups in total. The molecule has 0 fully saturated rings. The topological polar surface area (TPSA) is 51.2 Å². The molecule has 394 valence electrons. The van der Waals surface area contributed by atoms with Gasteiger partial charge in [0.1, 0.15) is 17.4 Å². The van der Waals surface area contributed by atoms with Crippen LogP contribution < -0.4 is 0 Å². The van der Waals surface area contributed by atoms with Crippen molar-refractivity contribution in [1.29, 1.82) is 0 Å². The highest BCUT2D eigenvalue weighted by molar-refractivity contribution is 5.97. The lowest BCUT2D eigenvalue weighted by Gasteiger charge is -2.18. The van der Waals surface area contributed by atoms with Gasteiger partial charge in [0.25, 0.3) is 0 Å². The Morgan fingerprint density at radius 3 is 1.60 bits per heavy atom.